The molecule has 0 saturated carbocycles. The first-order chi connectivity index (χ1) is 22.7. The van der Waals surface area contributed by atoms with Gasteiger partial charge in [0.1, 0.15) is 23.9 Å². The van der Waals surface area contributed by atoms with Gasteiger partial charge in [0, 0.05) is 22.8 Å². The van der Waals surface area contributed by atoms with Crippen molar-refractivity contribution in [1.29, 1.82) is 0 Å². The van der Waals surface area contributed by atoms with Crippen LogP contribution in [0.25, 0.3) is 5.69 Å². The molecule has 10 nitrogen and oxygen atoms in total. The molecule has 5 rings (SSSR count). The van der Waals surface area contributed by atoms with Crippen molar-refractivity contribution in [3.05, 3.63) is 124 Å². The van der Waals surface area contributed by atoms with Crippen molar-refractivity contribution in [2.75, 3.05) is 18.5 Å². The second-order valence-corrected chi connectivity index (χ2v) is 10.7. The molecule has 2 heterocycles. The highest BCUT2D eigenvalue weighted by Crippen LogP contribution is 2.36. The van der Waals surface area contributed by atoms with Crippen LogP contribution in [0.4, 0.5) is 10.1 Å². The minimum atomic E-state index is -0.558. The summed E-state index contributed by atoms with van der Waals surface area (Å²) >= 11 is 6.43. The van der Waals surface area contributed by atoms with Gasteiger partial charge < -0.3 is 28.5 Å². The molecule has 0 spiro atoms. The molecule has 2 amide bonds. The molecule has 2 aromatic heterocycles. The molecular formula is C35H32ClFN4O6. The number of benzene rings is 3. The Morgan fingerprint density at radius 2 is 1.66 bits per heavy atom. The highest BCUT2D eigenvalue weighted by Gasteiger charge is 2.15. The quantitative estimate of drug-likeness (QED) is 0.102. The maximum atomic E-state index is 13.1. The number of furan rings is 1. The number of ether oxygens (including phenoxy) is 3. The zero-order valence-corrected chi connectivity index (χ0v) is 26.6. The fraction of sp³-hybridized carbons (Fsp3) is 0.171. The van der Waals surface area contributed by atoms with Crippen molar-refractivity contribution in [2.24, 2.45) is 5.10 Å². The van der Waals surface area contributed by atoms with E-state index in [2.05, 4.69) is 46.4 Å². The van der Waals surface area contributed by atoms with Crippen LogP contribution in [0.15, 0.2) is 94.4 Å². The van der Waals surface area contributed by atoms with Crippen LogP contribution in [0.2, 0.25) is 5.02 Å². The van der Waals surface area contributed by atoms with Crippen LogP contribution >= 0.6 is 11.6 Å². The van der Waals surface area contributed by atoms with Gasteiger partial charge in [-0.25, -0.2) is 9.82 Å². The largest absolute Gasteiger partial charge is 0.490 e. The molecule has 12 heteroatoms. The van der Waals surface area contributed by atoms with Crippen LogP contribution in [-0.2, 0) is 11.4 Å². The average Bonchev–Trinajstić information content (AvgIpc) is 3.67. The van der Waals surface area contributed by atoms with Gasteiger partial charge in [-0.1, -0.05) is 11.6 Å². The predicted octanol–water partition coefficient (Wildman–Crippen LogP) is 7.24. The summed E-state index contributed by atoms with van der Waals surface area (Å²) in [5, 5.41) is 6.77. The molecule has 0 aliphatic carbocycles. The summed E-state index contributed by atoms with van der Waals surface area (Å²) in [6.07, 6.45) is 1.38. The molecule has 2 N–H and O–H groups in total. The molecule has 0 bridgehead atoms. The topological polar surface area (TPSA) is 116 Å². The Morgan fingerprint density at radius 3 is 2.36 bits per heavy atom. The number of hydrogen-bond acceptors (Lipinski definition) is 7. The highest BCUT2D eigenvalue weighted by atomic mass is 35.5. The number of rotatable bonds is 13. The van der Waals surface area contributed by atoms with Crippen LogP contribution in [0.1, 0.15) is 40.2 Å². The van der Waals surface area contributed by atoms with Gasteiger partial charge in [-0.2, -0.15) is 5.10 Å². The molecule has 47 heavy (non-hydrogen) atoms. The number of halogens is 2. The molecule has 5 aromatic rings. The maximum Gasteiger partial charge on any atom is 0.307 e. The Bertz CT molecular complexity index is 1860. The smallest absolute Gasteiger partial charge is 0.307 e. The standard InChI is InChI=1S/C35H32ClFN4O6/c1-4-44-32-18-24(17-30(36)34(32)46-21-33(42)39-26-9-7-25(37)8-10-26)19-38-40-35(43)31-16-15-29(47-31)20-45-28-13-11-27(12-14-28)41-22(2)5-6-23(41)3/h5-19H,4,20-21H2,1-3H3,(H,39,42)(H,40,43)/b38-19+. The van der Waals surface area contributed by atoms with E-state index in [9.17, 15) is 14.0 Å². The molecule has 0 radical (unpaired) electrons. The molecule has 3 aromatic carbocycles. The third kappa shape index (κ3) is 8.59. The predicted molar refractivity (Wildman–Crippen MR) is 176 cm³/mol. The lowest BCUT2D eigenvalue weighted by molar-refractivity contribution is -0.118. The number of amides is 2. The first kappa shape index (κ1) is 32.8. The van der Waals surface area contributed by atoms with Gasteiger partial charge >= 0.3 is 5.91 Å². The van der Waals surface area contributed by atoms with Gasteiger partial charge in [-0.15, -0.1) is 0 Å². The number of hydrazone groups is 1. The van der Waals surface area contributed by atoms with Gasteiger partial charge in [-0.05, 0) is 111 Å². The van der Waals surface area contributed by atoms with Crippen molar-refractivity contribution in [1.82, 2.24) is 9.99 Å². The fourth-order valence-corrected chi connectivity index (χ4v) is 4.93. The van der Waals surface area contributed by atoms with Gasteiger partial charge in [0.05, 0.1) is 17.8 Å². The van der Waals surface area contributed by atoms with Crippen molar-refractivity contribution < 1.29 is 32.6 Å². The monoisotopic (exact) mass is 658 g/mol. The highest BCUT2D eigenvalue weighted by molar-refractivity contribution is 6.32. The van der Waals surface area contributed by atoms with E-state index < -0.39 is 17.6 Å². The van der Waals surface area contributed by atoms with E-state index >= 15 is 0 Å². The molecule has 0 unspecified atom stereocenters. The number of carbonyl (C=O) groups excluding carboxylic acids is 2. The van der Waals surface area contributed by atoms with Crippen LogP contribution in [-0.4, -0.2) is 35.8 Å². The minimum absolute atomic E-state index is 0.0605. The molecule has 0 aliphatic heterocycles. The van der Waals surface area contributed by atoms with E-state index in [-0.39, 0.29) is 35.5 Å². The number of carbonyl (C=O) groups is 2. The number of anilines is 1. The third-order valence-electron chi connectivity index (χ3n) is 6.82. The second-order valence-electron chi connectivity index (χ2n) is 10.3. The summed E-state index contributed by atoms with van der Waals surface area (Å²) in [5.74, 6) is 0.197. The molecule has 0 saturated heterocycles. The normalized spacial score (nSPS) is 11.0. The van der Waals surface area contributed by atoms with E-state index in [1.807, 2.05) is 24.3 Å². The zero-order chi connectivity index (χ0) is 33.3. The van der Waals surface area contributed by atoms with E-state index in [0.717, 1.165) is 17.1 Å². The van der Waals surface area contributed by atoms with Crippen LogP contribution in [0, 0.1) is 19.7 Å². The summed E-state index contributed by atoms with van der Waals surface area (Å²) in [4.78, 5) is 24.9. The summed E-state index contributed by atoms with van der Waals surface area (Å²) in [6, 6.07) is 23.6. The lowest BCUT2D eigenvalue weighted by Crippen LogP contribution is -2.20. The Hall–Kier alpha value is -5.55. The summed E-state index contributed by atoms with van der Waals surface area (Å²) in [5.41, 5.74) is 6.67. The van der Waals surface area contributed by atoms with E-state index in [1.165, 1.54) is 36.5 Å². The summed E-state index contributed by atoms with van der Waals surface area (Å²) in [7, 11) is 0. The SMILES string of the molecule is CCOc1cc(/C=N/NC(=O)c2ccc(COc3ccc(-n4c(C)ccc4C)cc3)o2)cc(Cl)c1OCC(=O)Nc1ccc(F)cc1. The number of nitrogens with one attached hydrogen (secondary N) is 2. The molecule has 0 aliphatic rings. The van der Waals surface area contributed by atoms with E-state index in [0.29, 0.717) is 29.4 Å². The maximum absolute atomic E-state index is 13.1. The van der Waals surface area contributed by atoms with E-state index in [4.69, 9.17) is 30.2 Å². The van der Waals surface area contributed by atoms with E-state index in [1.54, 1.807) is 25.1 Å². The Morgan fingerprint density at radius 1 is 0.936 bits per heavy atom. The molecular weight excluding hydrogens is 627 g/mol. The van der Waals surface area contributed by atoms with Crippen molar-refractivity contribution >= 4 is 35.3 Å². The molecule has 242 valence electrons. The Balaban J connectivity index is 1.13. The van der Waals surface area contributed by atoms with Crippen LogP contribution in [0.3, 0.4) is 0 Å². The number of aromatic nitrogens is 1. The van der Waals surface area contributed by atoms with Crippen LogP contribution < -0.4 is 25.0 Å². The van der Waals surface area contributed by atoms with Gasteiger partial charge in [0.15, 0.2) is 23.9 Å². The Labute approximate surface area is 275 Å². The lowest BCUT2D eigenvalue weighted by atomic mass is 10.2. The first-order valence-corrected chi connectivity index (χ1v) is 15.0. The molecule has 0 atom stereocenters. The summed E-state index contributed by atoms with van der Waals surface area (Å²) < 4.78 is 38.0. The average molecular weight is 659 g/mol. The minimum Gasteiger partial charge on any atom is -0.490 e. The van der Waals surface area contributed by atoms with Gasteiger partial charge in [0.2, 0.25) is 0 Å². The summed E-state index contributed by atoms with van der Waals surface area (Å²) in [6.45, 7) is 5.97. The van der Waals surface area contributed by atoms with Crippen molar-refractivity contribution in [2.45, 2.75) is 27.4 Å². The van der Waals surface area contributed by atoms with Gasteiger partial charge in [-0.3, -0.25) is 9.59 Å². The number of nitrogens with zero attached hydrogens (tertiary/aromatic N) is 2. The molecule has 0 fully saturated rings. The van der Waals surface area contributed by atoms with Crippen molar-refractivity contribution in [3.63, 3.8) is 0 Å². The van der Waals surface area contributed by atoms with Gasteiger partial charge in [0.25, 0.3) is 5.91 Å². The van der Waals surface area contributed by atoms with Crippen LogP contribution in [0.5, 0.6) is 17.2 Å². The lowest BCUT2D eigenvalue weighted by Gasteiger charge is -2.14. The Kier molecular flexibility index (Phi) is 10.6. The number of hydrogen-bond donors (Lipinski definition) is 2. The fourth-order valence-electron chi connectivity index (χ4n) is 4.65. The zero-order valence-electron chi connectivity index (χ0n) is 25.9. The first-order valence-electron chi connectivity index (χ1n) is 14.6. The second kappa shape index (κ2) is 15.2. The third-order valence-corrected chi connectivity index (χ3v) is 7.10. The number of aryl methyl sites for hydroxylation is 2. The van der Waals surface area contributed by atoms with Crippen molar-refractivity contribution in [3.8, 4) is 22.9 Å².